The van der Waals surface area contributed by atoms with Crippen LogP contribution in [0.3, 0.4) is 0 Å². The molecule has 31 heavy (non-hydrogen) atoms. The maximum atomic E-state index is 13.0. The number of nitrogens with zero attached hydrogens (tertiary/aromatic N) is 1. The summed E-state index contributed by atoms with van der Waals surface area (Å²) >= 11 is 6.07. The van der Waals surface area contributed by atoms with Gasteiger partial charge in [0, 0.05) is 23.7 Å². The summed E-state index contributed by atoms with van der Waals surface area (Å²) in [7, 11) is 0. The Hall–Kier alpha value is -2.32. The van der Waals surface area contributed by atoms with E-state index < -0.39 is 18.0 Å². The van der Waals surface area contributed by atoms with Gasteiger partial charge in [-0.1, -0.05) is 30.9 Å². The monoisotopic (exact) mass is 450 g/mol. The highest BCUT2D eigenvalue weighted by molar-refractivity contribution is 6.30. The van der Waals surface area contributed by atoms with Gasteiger partial charge in [-0.3, -0.25) is 14.4 Å². The van der Waals surface area contributed by atoms with Crippen molar-refractivity contribution in [1.29, 1.82) is 0 Å². The van der Waals surface area contributed by atoms with Gasteiger partial charge in [0.2, 0.25) is 11.8 Å². The van der Waals surface area contributed by atoms with E-state index in [4.69, 9.17) is 27.8 Å². The van der Waals surface area contributed by atoms with Crippen molar-refractivity contribution in [2.45, 2.75) is 63.6 Å². The number of amides is 3. The molecule has 1 aromatic carbocycles. The molecule has 3 rings (SSSR count). The summed E-state index contributed by atoms with van der Waals surface area (Å²) in [5.74, 6) is -0.344. The number of hydrogen-bond acceptors (Lipinski definition) is 5. The predicted molar refractivity (Wildman–Crippen MR) is 117 cm³/mol. The third kappa shape index (κ3) is 6.11. The molecule has 0 unspecified atom stereocenters. The van der Waals surface area contributed by atoms with Crippen LogP contribution in [0, 0.1) is 5.92 Å². The second kappa shape index (κ2) is 10.8. The van der Waals surface area contributed by atoms with Gasteiger partial charge in [-0.2, -0.15) is 0 Å². The van der Waals surface area contributed by atoms with Crippen LogP contribution in [0.4, 0.5) is 0 Å². The fraction of sp³-hybridized carbons (Fsp3) is 0.591. The molecule has 0 bridgehead atoms. The first-order valence-electron chi connectivity index (χ1n) is 10.9. The molecule has 1 aliphatic heterocycles. The Morgan fingerprint density at radius 2 is 1.90 bits per heavy atom. The van der Waals surface area contributed by atoms with Crippen molar-refractivity contribution >= 4 is 29.3 Å². The summed E-state index contributed by atoms with van der Waals surface area (Å²) in [6, 6.07) is 3.84. The minimum Gasteiger partial charge on any atom is -0.483 e. The molecule has 0 spiro atoms. The SMILES string of the molecule is NC(=O)COc1ccc(Cl)cc1CNC(=O)[C@H]1CCCN1C(=O)[C@@H](N)C1CCCCC1. The van der Waals surface area contributed by atoms with Crippen molar-refractivity contribution in [1.82, 2.24) is 10.2 Å². The van der Waals surface area contributed by atoms with Crippen LogP contribution in [0.1, 0.15) is 50.5 Å². The number of nitrogens with one attached hydrogen (secondary N) is 1. The molecule has 2 fully saturated rings. The fourth-order valence-electron chi connectivity index (χ4n) is 4.47. The molecule has 0 radical (unpaired) electrons. The van der Waals surface area contributed by atoms with Crippen LogP contribution < -0.4 is 21.5 Å². The van der Waals surface area contributed by atoms with Gasteiger partial charge < -0.3 is 26.4 Å². The zero-order valence-electron chi connectivity index (χ0n) is 17.6. The van der Waals surface area contributed by atoms with E-state index in [1.807, 2.05) is 0 Å². The highest BCUT2D eigenvalue weighted by Crippen LogP contribution is 2.28. The van der Waals surface area contributed by atoms with Gasteiger partial charge in [0.05, 0.1) is 6.04 Å². The van der Waals surface area contributed by atoms with Gasteiger partial charge in [-0.15, -0.1) is 0 Å². The number of benzene rings is 1. The second-order valence-corrected chi connectivity index (χ2v) is 8.77. The van der Waals surface area contributed by atoms with Crippen LogP contribution in [-0.2, 0) is 20.9 Å². The average Bonchev–Trinajstić information content (AvgIpc) is 3.26. The molecule has 1 saturated carbocycles. The quantitative estimate of drug-likeness (QED) is 0.555. The number of carbonyl (C=O) groups excluding carboxylic acids is 3. The molecule has 1 aliphatic carbocycles. The van der Waals surface area contributed by atoms with Crippen molar-refractivity contribution < 1.29 is 19.1 Å². The van der Waals surface area contributed by atoms with Gasteiger partial charge in [-0.25, -0.2) is 0 Å². The van der Waals surface area contributed by atoms with Crippen LogP contribution >= 0.6 is 11.6 Å². The van der Waals surface area contributed by atoms with Crippen LogP contribution in [0.25, 0.3) is 0 Å². The molecule has 1 saturated heterocycles. The molecule has 0 aromatic heterocycles. The minimum absolute atomic E-state index is 0.127. The van der Waals surface area contributed by atoms with Crippen molar-refractivity contribution in [2.24, 2.45) is 17.4 Å². The number of ether oxygens (including phenoxy) is 1. The van der Waals surface area contributed by atoms with Crippen molar-refractivity contribution in [3.8, 4) is 5.75 Å². The van der Waals surface area contributed by atoms with Crippen LogP contribution in [-0.4, -0.2) is 47.9 Å². The first-order valence-corrected chi connectivity index (χ1v) is 11.3. The third-order valence-corrected chi connectivity index (χ3v) is 6.36. The third-order valence-electron chi connectivity index (χ3n) is 6.13. The average molecular weight is 451 g/mol. The summed E-state index contributed by atoms with van der Waals surface area (Å²) in [5.41, 5.74) is 12.1. The van der Waals surface area contributed by atoms with Gasteiger partial charge in [0.15, 0.2) is 6.61 Å². The number of carbonyl (C=O) groups is 3. The number of hydrogen-bond donors (Lipinski definition) is 3. The molecular weight excluding hydrogens is 420 g/mol. The normalized spacial score (nSPS) is 20.3. The van der Waals surface area contributed by atoms with E-state index in [0.29, 0.717) is 29.3 Å². The van der Waals surface area contributed by atoms with Crippen LogP contribution in [0.2, 0.25) is 5.02 Å². The molecule has 1 heterocycles. The van der Waals surface area contributed by atoms with Crippen molar-refractivity contribution in [3.05, 3.63) is 28.8 Å². The van der Waals surface area contributed by atoms with E-state index in [9.17, 15) is 14.4 Å². The number of likely N-dealkylation sites (tertiary alicyclic amines) is 1. The molecular formula is C22H31ClN4O4. The van der Waals surface area contributed by atoms with E-state index in [1.54, 1.807) is 23.1 Å². The Bertz CT molecular complexity index is 813. The maximum absolute atomic E-state index is 13.0. The molecule has 1 aromatic rings. The fourth-order valence-corrected chi connectivity index (χ4v) is 4.66. The van der Waals surface area contributed by atoms with E-state index in [0.717, 1.165) is 32.1 Å². The van der Waals surface area contributed by atoms with Gasteiger partial charge >= 0.3 is 0 Å². The predicted octanol–water partition coefficient (Wildman–Crippen LogP) is 1.72. The molecule has 2 atom stereocenters. The maximum Gasteiger partial charge on any atom is 0.255 e. The number of nitrogens with two attached hydrogens (primary N) is 2. The lowest BCUT2D eigenvalue weighted by atomic mass is 9.83. The molecule has 9 heteroatoms. The van der Waals surface area contributed by atoms with E-state index in [2.05, 4.69) is 5.32 Å². The first kappa shape index (κ1) is 23.3. The molecule has 170 valence electrons. The number of primary amides is 1. The minimum atomic E-state index is -0.598. The Morgan fingerprint density at radius 1 is 1.16 bits per heavy atom. The van der Waals surface area contributed by atoms with Gasteiger partial charge in [-0.05, 0) is 49.8 Å². The van der Waals surface area contributed by atoms with Crippen LogP contribution in [0.5, 0.6) is 5.75 Å². The first-order chi connectivity index (χ1) is 14.9. The topological polar surface area (TPSA) is 128 Å². The zero-order valence-corrected chi connectivity index (χ0v) is 18.4. The Labute approximate surface area is 187 Å². The molecule has 5 N–H and O–H groups in total. The lowest BCUT2D eigenvalue weighted by Crippen LogP contribution is -2.53. The van der Waals surface area contributed by atoms with Crippen molar-refractivity contribution in [3.63, 3.8) is 0 Å². The van der Waals surface area contributed by atoms with Gasteiger partial charge in [0.1, 0.15) is 11.8 Å². The summed E-state index contributed by atoms with van der Waals surface area (Å²) in [4.78, 5) is 38.6. The highest BCUT2D eigenvalue weighted by atomic mass is 35.5. The molecule has 3 amide bonds. The summed E-state index contributed by atoms with van der Waals surface area (Å²) in [6.07, 6.45) is 6.73. The van der Waals surface area contributed by atoms with Crippen LogP contribution in [0.15, 0.2) is 18.2 Å². The highest BCUT2D eigenvalue weighted by Gasteiger charge is 2.38. The number of rotatable bonds is 8. The Balaban J connectivity index is 1.61. The van der Waals surface area contributed by atoms with E-state index in [1.165, 1.54) is 6.42 Å². The summed E-state index contributed by atoms with van der Waals surface area (Å²) < 4.78 is 5.40. The lowest BCUT2D eigenvalue weighted by Gasteiger charge is -2.32. The number of halogens is 1. The Morgan fingerprint density at radius 3 is 2.61 bits per heavy atom. The Kier molecular flexibility index (Phi) is 8.15. The molecule has 2 aliphatic rings. The van der Waals surface area contributed by atoms with Gasteiger partial charge in [0.25, 0.3) is 5.91 Å². The molecule has 8 nitrogen and oxygen atoms in total. The summed E-state index contributed by atoms with van der Waals surface area (Å²) in [5, 5.41) is 3.35. The zero-order chi connectivity index (χ0) is 22.4. The van der Waals surface area contributed by atoms with E-state index >= 15 is 0 Å². The summed E-state index contributed by atoms with van der Waals surface area (Å²) in [6.45, 7) is 0.425. The smallest absolute Gasteiger partial charge is 0.255 e. The standard InChI is InChI=1S/C22H31ClN4O4/c23-16-8-9-18(31-13-19(24)28)15(11-16)12-26-21(29)17-7-4-10-27(17)22(30)20(25)14-5-2-1-3-6-14/h8-9,11,14,17,20H,1-7,10,12-13,25H2,(H2,24,28)(H,26,29)/t17-,20+/m1/s1. The van der Waals surface area contributed by atoms with Crippen molar-refractivity contribution in [2.75, 3.05) is 13.2 Å². The largest absolute Gasteiger partial charge is 0.483 e. The lowest BCUT2D eigenvalue weighted by molar-refractivity contribution is -0.140. The van der Waals surface area contributed by atoms with E-state index in [-0.39, 0.29) is 30.9 Å². The second-order valence-electron chi connectivity index (χ2n) is 8.34.